The molecule has 1 aliphatic rings. The Morgan fingerprint density at radius 3 is 2.76 bits per heavy atom. The number of ether oxygens (including phenoxy) is 1. The van der Waals surface area contributed by atoms with Gasteiger partial charge in [0.05, 0.1) is 18.1 Å². The lowest BCUT2D eigenvalue weighted by Crippen LogP contribution is -2.54. The molecular formula is C12H16ClN3O4S. The number of rotatable bonds is 4. The number of benzene rings is 1. The van der Waals surface area contributed by atoms with E-state index < -0.39 is 22.0 Å². The highest BCUT2D eigenvalue weighted by Crippen LogP contribution is 2.25. The number of amides is 1. The van der Waals surface area contributed by atoms with E-state index in [1.54, 1.807) is 6.07 Å². The van der Waals surface area contributed by atoms with Crippen LogP contribution in [0.15, 0.2) is 23.1 Å². The number of nitrogens with zero attached hydrogens (tertiary/aromatic N) is 1. The lowest BCUT2D eigenvalue weighted by molar-refractivity contribution is -0.125. The second kappa shape index (κ2) is 6.29. The lowest BCUT2D eigenvalue weighted by atomic mass is 10.2. The number of nitrogens with two attached hydrogens (primary N) is 2. The Labute approximate surface area is 127 Å². The molecule has 1 aliphatic heterocycles. The van der Waals surface area contributed by atoms with Crippen LogP contribution in [0.4, 0.5) is 0 Å². The zero-order valence-electron chi connectivity index (χ0n) is 11.2. The van der Waals surface area contributed by atoms with Gasteiger partial charge in [0.2, 0.25) is 15.9 Å². The number of sulfonamides is 1. The largest absolute Gasteiger partial charge is 0.378 e. The minimum absolute atomic E-state index is 0.00199. The van der Waals surface area contributed by atoms with Crippen LogP contribution in [0, 0.1) is 0 Å². The molecule has 0 bridgehead atoms. The highest BCUT2D eigenvalue weighted by molar-refractivity contribution is 7.89. The Morgan fingerprint density at radius 2 is 2.19 bits per heavy atom. The highest BCUT2D eigenvalue weighted by Gasteiger charge is 2.37. The van der Waals surface area contributed by atoms with Gasteiger partial charge in [-0.25, -0.2) is 8.42 Å². The van der Waals surface area contributed by atoms with Crippen molar-refractivity contribution in [3.63, 3.8) is 0 Å². The summed E-state index contributed by atoms with van der Waals surface area (Å²) in [6, 6.07) is 3.27. The number of primary amides is 1. The van der Waals surface area contributed by atoms with Crippen molar-refractivity contribution < 1.29 is 17.9 Å². The number of hydrogen-bond acceptors (Lipinski definition) is 5. The first-order chi connectivity index (χ1) is 9.87. The fraction of sp³-hybridized carbons (Fsp3) is 0.417. The summed E-state index contributed by atoms with van der Waals surface area (Å²) < 4.78 is 31.4. The van der Waals surface area contributed by atoms with E-state index in [1.165, 1.54) is 12.1 Å². The molecule has 1 aromatic carbocycles. The average Bonchev–Trinajstić information content (AvgIpc) is 2.47. The van der Waals surface area contributed by atoms with Crippen molar-refractivity contribution in [2.24, 2.45) is 11.5 Å². The van der Waals surface area contributed by atoms with E-state index in [1.807, 2.05) is 0 Å². The Morgan fingerprint density at radius 1 is 1.48 bits per heavy atom. The molecule has 0 radical (unpaired) electrons. The predicted octanol–water partition coefficient (Wildman–Crippen LogP) is -0.326. The maximum atomic E-state index is 12.6. The number of morpholine rings is 1. The van der Waals surface area contributed by atoms with Crippen molar-refractivity contribution in [1.29, 1.82) is 0 Å². The SMILES string of the molecule is NCc1ccc(S(=O)(=O)N2CCOCC2C(N)=O)cc1Cl. The molecule has 0 saturated carbocycles. The Balaban J connectivity index is 2.40. The zero-order valence-corrected chi connectivity index (χ0v) is 12.7. The minimum Gasteiger partial charge on any atom is -0.378 e. The third-order valence-electron chi connectivity index (χ3n) is 3.26. The first-order valence-electron chi connectivity index (χ1n) is 6.25. The summed E-state index contributed by atoms with van der Waals surface area (Å²) in [7, 11) is -3.88. The predicted molar refractivity (Wildman–Crippen MR) is 77.0 cm³/mol. The van der Waals surface area contributed by atoms with Gasteiger partial charge in [-0.15, -0.1) is 0 Å². The van der Waals surface area contributed by atoms with E-state index in [2.05, 4.69) is 0 Å². The van der Waals surface area contributed by atoms with Crippen molar-refractivity contribution in [2.45, 2.75) is 17.5 Å². The highest BCUT2D eigenvalue weighted by atomic mass is 35.5. The molecule has 1 unspecified atom stereocenters. The molecular weight excluding hydrogens is 318 g/mol. The van der Waals surface area contributed by atoms with E-state index >= 15 is 0 Å². The molecule has 0 spiro atoms. The molecule has 0 aromatic heterocycles. The Kier molecular flexibility index (Phi) is 4.84. The molecule has 1 saturated heterocycles. The molecule has 21 heavy (non-hydrogen) atoms. The molecule has 1 fully saturated rings. The fourth-order valence-electron chi connectivity index (χ4n) is 2.09. The van der Waals surface area contributed by atoms with Crippen LogP contribution in [0.25, 0.3) is 0 Å². The Bertz CT molecular complexity index is 650. The van der Waals surface area contributed by atoms with Crippen molar-refractivity contribution in [1.82, 2.24) is 4.31 Å². The van der Waals surface area contributed by atoms with Gasteiger partial charge in [0.15, 0.2) is 0 Å². The first-order valence-corrected chi connectivity index (χ1v) is 8.07. The van der Waals surface area contributed by atoms with Gasteiger partial charge >= 0.3 is 0 Å². The summed E-state index contributed by atoms with van der Waals surface area (Å²) in [6.45, 7) is 0.424. The molecule has 7 nitrogen and oxygen atoms in total. The number of hydrogen-bond donors (Lipinski definition) is 2. The van der Waals surface area contributed by atoms with E-state index in [4.69, 9.17) is 27.8 Å². The smallest absolute Gasteiger partial charge is 0.244 e. The quantitative estimate of drug-likeness (QED) is 0.783. The lowest BCUT2D eigenvalue weighted by Gasteiger charge is -2.32. The maximum absolute atomic E-state index is 12.6. The molecule has 0 aliphatic carbocycles. The Hall–Kier alpha value is -1.19. The molecule has 9 heteroatoms. The van der Waals surface area contributed by atoms with Crippen molar-refractivity contribution in [3.05, 3.63) is 28.8 Å². The third-order valence-corrected chi connectivity index (χ3v) is 5.51. The van der Waals surface area contributed by atoms with Crippen molar-refractivity contribution in [2.75, 3.05) is 19.8 Å². The summed E-state index contributed by atoms with van der Waals surface area (Å²) in [5, 5.41) is 0.266. The zero-order chi connectivity index (χ0) is 15.6. The molecule has 1 amide bonds. The minimum atomic E-state index is -3.88. The van der Waals surface area contributed by atoms with Gasteiger partial charge in [-0.3, -0.25) is 4.79 Å². The van der Waals surface area contributed by atoms with Crippen LogP contribution in [-0.2, 0) is 26.1 Å². The van der Waals surface area contributed by atoms with Gasteiger partial charge in [-0.05, 0) is 17.7 Å². The molecule has 1 aromatic rings. The topological polar surface area (TPSA) is 116 Å². The second-order valence-electron chi connectivity index (χ2n) is 4.57. The molecule has 1 atom stereocenters. The monoisotopic (exact) mass is 333 g/mol. The molecule has 2 rings (SSSR count). The second-order valence-corrected chi connectivity index (χ2v) is 6.86. The van der Waals surface area contributed by atoms with E-state index in [0.29, 0.717) is 5.56 Å². The van der Waals surface area contributed by atoms with Gasteiger partial charge in [0.1, 0.15) is 6.04 Å². The normalized spacial score (nSPS) is 20.4. The average molecular weight is 334 g/mol. The van der Waals surface area contributed by atoms with Gasteiger partial charge < -0.3 is 16.2 Å². The van der Waals surface area contributed by atoms with Crippen molar-refractivity contribution >= 4 is 27.5 Å². The third kappa shape index (κ3) is 3.19. The first kappa shape index (κ1) is 16.2. The van der Waals surface area contributed by atoms with Gasteiger partial charge in [-0.1, -0.05) is 17.7 Å². The van der Waals surface area contributed by atoms with Crippen LogP contribution in [-0.4, -0.2) is 44.4 Å². The van der Waals surface area contributed by atoms with Crippen LogP contribution in [0.2, 0.25) is 5.02 Å². The van der Waals surface area contributed by atoms with Gasteiger partial charge in [0.25, 0.3) is 0 Å². The van der Waals surface area contributed by atoms with Crippen LogP contribution in [0.3, 0.4) is 0 Å². The summed E-state index contributed by atoms with van der Waals surface area (Å²) in [4.78, 5) is 11.4. The van der Waals surface area contributed by atoms with E-state index in [0.717, 1.165) is 4.31 Å². The van der Waals surface area contributed by atoms with Crippen LogP contribution in [0.1, 0.15) is 5.56 Å². The number of carbonyl (C=O) groups excluding carboxylic acids is 1. The standard InChI is InChI=1S/C12H16ClN3O4S/c13-10-5-9(2-1-8(10)6-14)21(18,19)16-3-4-20-7-11(16)12(15)17/h1-2,5,11H,3-4,6-7,14H2,(H2,15,17). The summed E-state index contributed by atoms with van der Waals surface area (Å²) in [6.07, 6.45) is 0. The van der Waals surface area contributed by atoms with Crippen LogP contribution < -0.4 is 11.5 Å². The van der Waals surface area contributed by atoms with E-state index in [9.17, 15) is 13.2 Å². The molecule has 4 N–H and O–H groups in total. The van der Waals surface area contributed by atoms with Crippen LogP contribution >= 0.6 is 11.6 Å². The summed E-state index contributed by atoms with van der Waals surface area (Å²) in [5.74, 6) is -0.747. The number of halogens is 1. The van der Waals surface area contributed by atoms with Gasteiger partial charge in [-0.2, -0.15) is 4.31 Å². The molecule has 1 heterocycles. The summed E-state index contributed by atoms with van der Waals surface area (Å²) >= 11 is 5.99. The van der Waals surface area contributed by atoms with Crippen LogP contribution in [0.5, 0.6) is 0 Å². The van der Waals surface area contributed by atoms with Crippen molar-refractivity contribution in [3.8, 4) is 0 Å². The van der Waals surface area contributed by atoms with Gasteiger partial charge in [0, 0.05) is 18.1 Å². The summed E-state index contributed by atoms with van der Waals surface area (Å²) in [5.41, 5.74) is 11.4. The molecule has 116 valence electrons. The fourth-order valence-corrected chi connectivity index (χ4v) is 4.00. The number of carbonyl (C=O) groups is 1. The maximum Gasteiger partial charge on any atom is 0.244 e. The van der Waals surface area contributed by atoms with E-state index in [-0.39, 0.29) is 36.2 Å².